The van der Waals surface area contributed by atoms with Gasteiger partial charge < -0.3 is 18.3 Å². The van der Waals surface area contributed by atoms with E-state index in [0.29, 0.717) is 0 Å². The number of benzene rings is 7. The van der Waals surface area contributed by atoms with Crippen molar-refractivity contribution in [3.8, 4) is 23.0 Å². The highest BCUT2D eigenvalue weighted by Gasteiger charge is 2.44. The average molecular weight is 653 g/mol. The molecule has 6 heterocycles. The van der Waals surface area contributed by atoms with E-state index in [1.54, 1.807) is 0 Å². The molecule has 0 saturated carbocycles. The van der Waals surface area contributed by atoms with Gasteiger partial charge in [0.1, 0.15) is 23.0 Å². The average Bonchev–Trinajstić information content (AvgIpc) is 3.87. The molecule has 4 aromatic heterocycles. The van der Waals surface area contributed by atoms with Gasteiger partial charge in [-0.3, -0.25) is 0 Å². The number of fused-ring (bicyclic) bond motifs is 18. The van der Waals surface area contributed by atoms with Gasteiger partial charge >= 0.3 is 0 Å². The number of hydrogen-bond acceptors (Lipinski definition) is 2. The Morgan fingerprint density at radius 1 is 0.471 bits per heavy atom. The van der Waals surface area contributed by atoms with Crippen molar-refractivity contribution in [1.82, 2.24) is 8.80 Å². The summed E-state index contributed by atoms with van der Waals surface area (Å²) in [7, 11) is 0. The third-order valence-electron chi connectivity index (χ3n) is 12.0. The largest absolute Gasteiger partial charge is 0.458 e. The van der Waals surface area contributed by atoms with Crippen LogP contribution in [0.4, 0.5) is 0 Å². The maximum Gasteiger partial charge on any atom is 0.260 e. The Kier molecular flexibility index (Phi) is 4.47. The molecular formula is C46H29BN2O2. The second-order valence-electron chi connectivity index (χ2n) is 15.6. The van der Waals surface area contributed by atoms with E-state index in [1.165, 1.54) is 92.7 Å². The van der Waals surface area contributed by atoms with E-state index in [2.05, 4.69) is 151 Å². The van der Waals surface area contributed by atoms with Crippen LogP contribution in [0.3, 0.4) is 0 Å². The van der Waals surface area contributed by atoms with Crippen LogP contribution in [-0.2, 0) is 5.41 Å². The third kappa shape index (κ3) is 3.00. The fourth-order valence-corrected chi connectivity index (χ4v) is 9.86. The Morgan fingerprint density at radius 2 is 0.863 bits per heavy atom. The lowest BCUT2D eigenvalue weighted by atomic mass is 9.34. The molecule has 0 radical (unpaired) electrons. The van der Waals surface area contributed by atoms with Gasteiger partial charge in [-0.05, 0) is 58.3 Å². The Morgan fingerprint density at radius 3 is 1.29 bits per heavy atom. The van der Waals surface area contributed by atoms with Gasteiger partial charge in [0.25, 0.3) is 6.71 Å². The predicted octanol–water partition coefficient (Wildman–Crippen LogP) is 10.0. The van der Waals surface area contributed by atoms with Crippen molar-refractivity contribution >= 4 is 99.3 Å². The molecule has 0 fully saturated rings. The van der Waals surface area contributed by atoms with E-state index < -0.39 is 0 Å². The molecule has 0 N–H and O–H groups in total. The Bertz CT molecular complexity index is 3150. The molecule has 0 aliphatic carbocycles. The summed E-state index contributed by atoms with van der Waals surface area (Å²) in [6.07, 6.45) is 0. The Labute approximate surface area is 292 Å². The van der Waals surface area contributed by atoms with Gasteiger partial charge in [-0.15, -0.1) is 0 Å². The van der Waals surface area contributed by atoms with Crippen molar-refractivity contribution in [2.24, 2.45) is 0 Å². The molecule has 0 atom stereocenters. The molecule has 0 unspecified atom stereocenters. The van der Waals surface area contributed by atoms with Crippen molar-refractivity contribution in [3.05, 3.63) is 127 Å². The molecule has 0 amide bonds. The Hall–Kier alpha value is -6.20. The first-order valence-corrected chi connectivity index (χ1v) is 17.9. The zero-order valence-corrected chi connectivity index (χ0v) is 28.3. The normalized spacial score (nSPS) is 14.1. The quantitative estimate of drug-likeness (QED) is 0.153. The summed E-state index contributed by atoms with van der Waals surface area (Å²) in [5, 5.41) is 9.85. The SMILES string of the molecule is CC(C)(C)c1cc2c3c(c1)Oc1c(cc4c5ccccc5n5c6ccccc6c1c45)B3c1cc3c4ccccc4n4c5ccccc5c(c1O2)c34. The van der Waals surface area contributed by atoms with Gasteiger partial charge in [-0.25, -0.2) is 0 Å². The van der Waals surface area contributed by atoms with Crippen LogP contribution in [-0.4, -0.2) is 15.5 Å². The molecule has 2 aliphatic rings. The predicted molar refractivity (Wildman–Crippen MR) is 212 cm³/mol. The fourth-order valence-electron chi connectivity index (χ4n) is 9.86. The van der Waals surface area contributed by atoms with Gasteiger partial charge in [0, 0.05) is 37.8 Å². The highest BCUT2D eigenvalue weighted by Crippen LogP contribution is 2.49. The standard InChI is InChI=1S/C46H29BN2O2/c1-46(2,3)24-20-37-41-38(21-24)51-45-32(23-30-26-13-5-9-17-34(26)49-36-19-11-7-15-28(36)40(45)43(30)49)47(41)31-22-29-25-12-4-8-16-33(25)48-35-18-10-6-14-27(35)39(42(29)48)44(31)50-37/h4-23H,1-3H3. The van der Waals surface area contributed by atoms with E-state index >= 15 is 0 Å². The van der Waals surface area contributed by atoms with Gasteiger partial charge in [0.05, 0.1) is 43.9 Å². The minimum absolute atomic E-state index is 0.0810. The minimum Gasteiger partial charge on any atom is -0.458 e. The number of aromatic nitrogens is 2. The molecule has 2 aliphatic heterocycles. The second-order valence-corrected chi connectivity index (χ2v) is 15.6. The minimum atomic E-state index is -0.103. The molecule has 238 valence electrons. The van der Waals surface area contributed by atoms with E-state index in [0.717, 1.165) is 28.5 Å². The van der Waals surface area contributed by atoms with E-state index in [-0.39, 0.29) is 12.1 Å². The summed E-state index contributed by atoms with van der Waals surface area (Å²) in [6, 6.07) is 44.7. The maximum absolute atomic E-state index is 7.26. The van der Waals surface area contributed by atoms with Crippen LogP contribution in [0.5, 0.6) is 23.0 Å². The molecule has 13 rings (SSSR count). The summed E-state index contributed by atoms with van der Waals surface area (Å²) >= 11 is 0. The lowest BCUT2D eigenvalue weighted by Crippen LogP contribution is -2.57. The fraction of sp³-hybridized carbons (Fsp3) is 0.0870. The van der Waals surface area contributed by atoms with E-state index in [4.69, 9.17) is 9.47 Å². The number of hydrogen-bond donors (Lipinski definition) is 0. The summed E-state index contributed by atoms with van der Waals surface area (Å²) in [6.45, 7) is 6.72. The molecule has 51 heavy (non-hydrogen) atoms. The van der Waals surface area contributed by atoms with Crippen LogP contribution in [0.2, 0.25) is 0 Å². The monoisotopic (exact) mass is 652 g/mol. The van der Waals surface area contributed by atoms with Gasteiger partial charge in [-0.1, -0.05) is 106 Å². The smallest absolute Gasteiger partial charge is 0.260 e. The molecule has 0 spiro atoms. The topological polar surface area (TPSA) is 27.3 Å². The number of rotatable bonds is 0. The van der Waals surface area contributed by atoms with Crippen molar-refractivity contribution in [2.45, 2.75) is 26.2 Å². The maximum atomic E-state index is 7.26. The molecule has 7 aromatic carbocycles. The summed E-state index contributed by atoms with van der Waals surface area (Å²) in [5.74, 6) is 3.70. The molecular weight excluding hydrogens is 623 g/mol. The lowest BCUT2D eigenvalue weighted by molar-refractivity contribution is 0.464. The lowest BCUT2D eigenvalue weighted by Gasteiger charge is -2.35. The Balaban J connectivity index is 1.26. The molecule has 0 bridgehead atoms. The second kappa shape index (κ2) is 8.56. The van der Waals surface area contributed by atoms with Crippen LogP contribution >= 0.6 is 0 Å². The van der Waals surface area contributed by atoms with Crippen LogP contribution in [0.1, 0.15) is 26.3 Å². The number of para-hydroxylation sites is 4. The van der Waals surface area contributed by atoms with Crippen LogP contribution < -0.4 is 25.9 Å². The molecule has 0 saturated heterocycles. The van der Waals surface area contributed by atoms with E-state index in [1.807, 2.05) is 0 Å². The summed E-state index contributed by atoms with van der Waals surface area (Å²) in [4.78, 5) is 0. The van der Waals surface area contributed by atoms with Crippen molar-refractivity contribution in [2.75, 3.05) is 0 Å². The van der Waals surface area contributed by atoms with E-state index in [9.17, 15) is 0 Å². The molecule has 11 aromatic rings. The van der Waals surface area contributed by atoms with Crippen molar-refractivity contribution in [1.29, 1.82) is 0 Å². The van der Waals surface area contributed by atoms with Crippen LogP contribution in [0, 0.1) is 0 Å². The molecule has 5 heteroatoms. The third-order valence-corrected chi connectivity index (χ3v) is 12.0. The highest BCUT2D eigenvalue weighted by atomic mass is 16.5. The number of ether oxygens (including phenoxy) is 2. The summed E-state index contributed by atoms with van der Waals surface area (Å²) < 4.78 is 19.4. The van der Waals surface area contributed by atoms with Crippen LogP contribution in [0.15, 0.2) is 121 Å². The van der Waals surface area contributed by atoms with Gasteiger partial charge in [0.15, 0.2) is 0 Å². The molecule has 4 nitrogen and oxygen atoms in total. The van der Waals surface area contributed by atoms with Crippen LogP contribution in [0.25, 0.3) is 76.2 Å². The highest BCUT2D eigenvalue weighted by molar-refractivity contribution is 6.99. The first kappa shape index (κ1) is 26.6. The van der Waals surface area contributed by atoms with Crippen molar-refractivity contribution < 1.29 is 9.47 Å². The van der Waals surface area contributed by atoms with Gasteiger partial charge in [0.2, 0.25) is 0 Å². The van der Waals surface area contributed by atoms with Gasteiger partial charge in [-0.2, -0.15) is 0 Å². The van der Waals surface area contributed by atoms with Crippen molar-refractivity contribution in [3.63, 3.8) is 0 Å². The number of nitrogens with zero attached hydrogens (tertiary/aromatic N) is 2. The zero-order valence-electron chi connectivity index (χ0n) is 28.3. The first-order chi connectivity index (χ1) is 25.0. The summed E-state index contributed by atoms with van der Waals surface area (Å²) in [5.41, 5.74) is 11.9. The first-order valence-electron chi connectivity index (χ1n) is 17.9. The zero-order chi connectivity index (χ0) is 33.5.